The molecular formula is C23H32N2O2. The van der Waals surface area contributed by atoms with Crippen molar-refractivity contribution >= 4 is 5.91 Å². The van der Waals surface area contributed by atoms with E-state index < -0.39 is 16.9 Å². The number of amides is 1. The molecule has 2 aromatic carbocycles. The van der Waals surface area contributed by atoms with E-state index in [2.05, 4.69) is 0 Å². The quantitative estimate of drug-likeness (QED) is 0.787. The fourth-order valence-electron chi connectivity index (χ4n) is 4.19. The molecular weight excluding hydrogens is 336 g/mol. The fourth-order valence-corrected chi connectivity index (χ4v) is 4.19. The maximum atomic E-state index is 13.7. The van der Waals surface area contributed by atoms with Crippen molar-refractivity contribution in [2.75, 3.05) is 20.6 Å². The van der Waals surface area contributed by atoms with E-state index in [4.69, 9.17) is 5.73 Å². The Hall–Kier alpha value is -2.17. The van der Waals surface area contributed by atoms with Crippen LogP contribution in [0.5, 0.6) is 0 Å². The molecule has 0 aliphatic rings. The van der Waals surface area contributed by atoms with Gasteiger partial charge in [0.1, 0.15) is 5.41 Å². The van der Waals surface area contributed by atoms with Crippen LogP contribution in [-0.4, -0.2) is 36.6 Å². The summed E-state index contributed by atoms with van der Waals surface area (Å²) in [6, 6.07) is 17.3. The summed E-state index contributed by atoms with van der Waals surface area (Å²) < 4.78 is 0. The lowest BCUT2D eigenvalue weighted by molar-refractivity contribution is -0.148. The predicted octanol–water partition coefficient (Wildman–Crippen LogP) is 3.43. The zero-order chi connectivity index (χ0) is 20.2. The Labute approximate surface area is 163 Å². The molecule has 0 saturated heterocycles. The van der Waals surface area contributed by atoms with Gasteiger partial charge in [0.25, 0.3) is 0 Å². The van der Waals surface area contributed by atoms with Gasteiger partial charge in [-0.15, -0.1) is 0 Å². The van der Waals surface area contributed by atoms with Crippen LogP contribution >= 0.6 is 0 Å². The van der Waals surface area contributed by atoms with Crippen LogP contribution in [0.25, 0.3) is 0 Å². The predicted molar refractivity (Wildman–Crippen MR) is 110 cm³/mol. The lowest BCUT2D eigenvalue weighted by atomic mass is 9.55. The minimum absolute atomic E-state index is 0.122. The van der Waals surface area contributed by atoms with E-state index in [1.165, 1.54) is 0 Å². The molecule has 2 atom stereocenters. The molecule has 0 spiro atoms. The molecule has 3 N–H and O–H groups in total. The maximum absolute atomic E-state index is 13.7. The van der Waals surface area contributed by atoms with Gasteiger partial charge < -0.3 is 15.7 Å². The Bertz CT molecular complexity index is 771. The van der Waals surface area contributed by atoms with Crippen molar-refractivity contribution < 1.29 is 9.90 Å². The van der Waals surface area contributed by atoms with E-state index >= 15 is 0 Å². The monoisotopic (exact) mass is 368 g/mol. The van der Waals surface area contributed by atoms with Crippen molar-refractivity contribution in [3.8, 4) is 0 Å². The molecule has 2 unspecified atom stereocenters. The van der Waals surface area contributed by atoms with Crippen molar-refractivity contribution in [2.45, 2.75) is 38.7 Å². The maximum Gasteiger partial charge on any atom is 0.236 e. The minimum atomic E-state index is -1.16. The summed E-state index contributed by atoms with van der Waals surface area (Å²) in [6.07, 6.45) is -0.401. The van der Waals surface area contributed by atoms with Gasteiger partial charge >= 0.3 is 0 Å². The number of nitrogens with two attached hydrogens (primary N) is 1. The minimum Gasteiger partial charge on any atom is -0.387 e. The number of hydrogen-bond acceptors (Lipinski definition) is 3. The third kappa shape index (κ3) is 3.64. The first-order valence-electron chi connectivity index (χ1n) is 9.41. The number of rotatable bonds is 7. The van der Waals surface area contributed by atoms with Gasteiger partial charge in [0.15, 0.2) is 0 Å². The van der Waals surface area contributed by atoms with Gasteiger partial charge in [-0.2, -0.15) is 0 Å². The first-order valence-corrected chi connectivity index (χ1v) is 9.41. The summed E-state index contributed by atoms with van der Waals surface area (Å²) in [4.78, 5) is 15.3. The van der Waals surface area contributed by atoms with Gasteiger partial charge in [0.2, 0.25) is 5.91 Å². The Morgan fingerprint density at radius 3 is 2.15 bits per heavy atom. The Balaban J connectivity index is 2.87. The molecule has 0 saturated carbocycles. The first-order chi connectivity index (χ1) is 12.7. The van der Waals surface area contributed by atoms with E-state index in [1.807, 2.05) is 75.4 Å². The van der Waals surface area contributed by atoms with Crippen LogP contribution in [0, 0.1) is 12.3 Å². The molecule has 146 valence electrons. The second kappa shape index (κ2) is 8.24. The van der Waals surface area contributed by atoms with Crippen LogP contribution < -0.4 is 5.73 Å². The lowest BCUT2D eigenvalue weighted by Gasteiger charge is -2.50. The van der Waals surface area contributed by atoms with Crippen LogP contribution in [0.15, 0.2) is 54.6 Å². The molecule has 27 heavy (non-hydrogen) atoms. The van der Waals surface area contributed by atoms with Gasteiger partial charge in [-0.1, -0.05) is 68.4 Å². The first kappa shape index (κ1) is 21.1. The summed E-state index contributed by atoms with van der Waals surface area (Å²) >= 11 is 0. The second-order valence-electron chi connectivity index (χ2n) is 8.06. The average molecular weight is 369 g/mol. The Morgan fingerprint density at radius 2 is 1.63 bits per heavy atom. The molecule has 0 aromatic heterocycles. The normalized spacial score (nSPS) is 15.1. The van der Waals surface area contributed by atoms with Crippen molar-refractivity contribution in [1.82, 2.24) is 4.90 Å². The second-order valence-corrected chi connectivity index (χ2v) is 8.06. The highest BCUT2D eigenvalue weighted by Gasteiger charge is 2.57. The number of aliphatic hydroxyl groups is 1. The number of hydrogen-bond donors (Lipinski definition) is 2. The van der Waals surface area contributed by atoms with Gasteiger partial charge in [0.05, 0.1) is 6.10 Å². The molecule has 0 fully saturated rings. The molecule has 4 heteroatoms. The van der Waals surface area contributed by atoms with Gasteiger partial charge in [0, 0.05) is 14.1 Å². The van der Waals surface area contributed by atoms with Crippen LogP contribution in [0.4, 0.5) is 0 Å². The fraction of sp³-hybridized carbons (Fsp3) is 0.435. The van der Waals surface area contributed by atoms with E-state index in [-0.39, 0.29) is 5.91 Å². The molecule has 0 aliphatic heterocycles. The van der Waals surface area contributed by atoms with Crippen LogP contribution in [0.1, 0.15) is 43.1 Å². The van der Waals surface area contributed by atoms with E-state index in [1.54, 1.807) is 19.0 Å². The van der Waals surface area contributed by atoms with Crippen LogP contribution in [0.3, 0.4) is 0 Å². The summed E-state index contributed by atoms with van der Waals surface area (Å²) in [5, 5.41) is 11.8. The van der Waals surface area contributed by atoms with Crippen molar-refractivity contribution in [2.24, 2.45) is 11.1 Å². The molecule has 0 radical (unpaired) electrons. The van der Waals surface area contributed by atoms with E-state index in [9.17, 15) is 9.90 Å². The molecule has 4 nitrogen and oxygen atoms in total. The molecule has 0 bridgehead atoms. The van der Waals surface area contributed by atoms with Crippen molar-refractivity contribution in [1.29, 1.82) is 0 Å². The highest BCUT2D eigenvalue weighted by atomic mass is 16.3. The number of benzene rings is 2. The lowest BCUT2D eigenvalue weighted by Crippen LogP contribution is -2.57. The number of aryl methyl sites for hydroxylation is 1. The SMILES string of the molecule is Cc1ccccc1C(O)C(C(=O)N(C)C)(c1ccccc1)C(C)(C)CCN. The zero-order valence-corrected chi connectivity index (χ0v) is 17.1. The number of carbonyl (C=O) groups excluding carboxylic acids is 1. The summed E-state index contributed by atoms with van der Waals surface area (Å²) in [6.45, 7) is 6.44. The van der Waals surface area contributed by atoms with E-state index in [0.29, 0.717) is 13.0 Å². The highest BCUT2D eigenvalue weighted by Crippen LogP contribution is 2.53. The number of aliphatic hydroxyl groups excluding tert-OH is 1. The zero-order valence-electron chi connectivity index (χ0n) is 17.1. The molecule has 0 heterocycles. The summed E-state index contributed by atoms with van der Waals surface area (Å²) in [5.41, 5.74) is 6.71. The number of likely N-dealkylation sites (N-methyl/N-ethyl adjacent to an activating group) is 1. The number of carbonyl (C=O) groups is 1. The third-order valence-electron chi connectivity index (χ3n) is 5.70. The number of nitrogens with zero attached hydrogens (tertiary/aromatic N) is 1. The largest absolute Gasteiger partial charge is 0.387 e. The summed E-state index contributed by atoms with van der Waals surface area (Å²) in [7, 11) is 3.48. The van der Waals surface area contributed by atoms with Crippen molar-refractivity contribution in [3.05, 3.63) is 71.3 Å². The highest BCUT2D eigenvalue weighted by molar-refractivity contribution is 5.90. The molecule has 0 aliphatic carbocycles. The van der Waals surface area contributed by atoms with Crippen LogP contribution in [-0.2, 0) is 10.2 Å². The third-order valence-corrected chi connectivity index (χ3v) is 5.70. The van der Waals surface area contributed by atoms with Gasteiger partial charge in [-0.25, -0.2) is 0 Å². The van der Waals surface area contributed by atoms with Gasteiger partial charge in [-0.05, 0) is 42.0 Å². The van der Waals surface area contributed by atoms with Crippen molar-refractivity contribution in [3.63, 3.8) is 0 Å². The summed E-state index contributed by atoms with van der Waals surface area (Å²) in [5.74, 6) is -0.122. The molecule has 1 amide bonds. The van der Waals surface area contributed by atoms with Gasteiger partial charge in [-0.3, -0.25) is 4.79 Å². The van der Waals surface area contributed by atoms with Crippen LogP contribution in [0.2, 0.25) is 0 Å². The molecule has 2 rings (SSSR count). The Kier molecular flexibility index (Phi) is 6.45. The average Bonchev–Trinajstić information content (AvgIpc) is 2.63. The Morgan fingerprint density at radius 1 is 1.07 bits per heavy atom. The molecule has 2 aromatic rings. The smallest absolute Gasteiger partial charge is 0.236 e. The van der Waals surface area contributed by atoms with E-state index in [0.717, 1.165) is 16.7 Å². The topological polar surface area (TPSA) is 66.6 Å². The standard InChI is InChI=1S/C23H32N2O2/c1-17-11-9-10-14-19(17)20(26)23(21(27)25(4)5,22(2,3)15-16-24)18-12-7-6-8-13-18/h6-14,20,26H,15-16,24H2,1-5H3.